The van der Waals surface area contributed by atoms with Gasteiger partial charge in [-0.25, -0.2) is 4.98 Å². The molecule has 3 heterocycles. The number of benzene rings is 2. The number of hydrogen-bond donors (Lipinski definition) is 2. The van der Waals surface area contributed by atoms with E-state index < -0.39 is 11.7 Å². The predicted octanol–water partition coefficient (Wildman–Crippen LogP) is 4.54. The van der Waals surface area contributed by atoms with Crippen LogP contribution < -0.4 is 20.1 Å². The number of alkyl halides is 2. The molecule has 5 rings (SSSR count). The van der Waals surface area contributed by atoms with E-state index >= 15 is 0 Å². The molecule has 0 aliphatic carbocycles. The molecule has 7 nitrogen and oxygen atoms in total. The van der Waals surface area contributed by atoms with Crippen molar-refractivity contribution >= 4 is 17.6 Å². The largest absolute Gasteiger partial charge is 0.586 e. The van der Waals surface area contributed by atoms with Gasteiger partial charge in [0.15, 0.2) is 11.5 Å². The zero-order valence-corrected chi connectivity index (χ0v) is 18.7. The summed E-state index contributed by atoms with van der Waals surface area (Å²) in [5, 5.41) is 5.61. The molecule has 0 saturated carbocycles. The molecular formula is C25H21F2N3O4. The van der Waals surface area contributed by atoms with Crippen molar-refractivity contribution < 1.29 is 27.8 Å². The Morgan fingerprint density at radius 2 is 1.85 bits per heavy atom. The Hall–Kier alpha value is -4.01. The van der Waals surface area contributed by atoms with Crippen LogP contribution in [0.5, 0.6) is 11.5 Å². The van der Waals surface area contributed by atoms with Crippen molar-refractivity contribution in [3.8, 4) is 22.8 Å². The third-order valence-corrected chi connectivity index (χ3v) is 6.10. The number of aromatic nitrogens is 1. The molecule has 0 spiro atoms. The summed E-state index contributed by atoms with van der Waals surface area (Å²) in [7, 11) is 0. The maximum Gasteiger partial charge on any atom is 0.586 e. The monoisotopic (exact) mass is 465 g/mol. The second kappa shape index (κ2) is 7.51. The van der Waals surface area contributed by atoms with Crippen LogP contribution in [0, 0.1) is 6.92 Å². The zero-order valence-electron chi connectivity index (χ0n) is 18.7. The number of rotatable bonds is 4. The number of ether oxygens (including phenoxy) is 2. The number of hydrogen-bond acceptors (Lipinski definition) is 5. The fourth-order valence-electron chi connectivity index (χ4n) is 3.99. The summed E-state index contributed by atoms with van der Waals surface area (Å²) in [6.45, 7) is 5.75. The predicted molar refractivity (Wildman–Crippen MR) is 120 cm³/mol. The molecule has 2 aliphatic heterocycles. The van der Waals surface area contributed by atoms with E-state index in [1.807, 2.05) is 25.1 Å². The minimum absolute atomic E-state index is 0.0853. The molecule has 0 fully saturated rings. The maximum absolute atomic E-state index is 13.4. The molecule has 34 heavy (non-hydrogen) atoms. The van der Waals surface area contributed by atoms with Gasteiger partial charge in [0.2, 0.25) is 5.91 Å². The summed E-state index contributed by atoms with van der Waals surface area (Å²) in [6, 6.07) is 13.4. The van der Waals surface area contributed by atoms with Crippen LogP contribution in [-0.2, 0) is 16.8 Å². The fraction of sp³-hybridized carbons (Fsp3) is 0.240. The van der Waals surface area contributed by atoms with E-state index in [0.717, 1.165) is 16.7 Å². The number of amides is 2. The highest BCUT2D eigenvalue weighted by Gasteiger charge is 2.44. The Balaban J connectivity index is 1.40. The van der Waals surface area contributed by atoms with Crippen LogP contribution in [0.1, 0.15) is 40.9 Å². The van der Waals surface area contributed by atoms with Crippen molar-refractivity contribution in [1.82, 2.24) is 10.3 Å². The van der Waals surface area contributed by atoms with Gasteiger partial charge in [-0.2, -0.15) is 0 Å². The second-order valence-corrected chi connectivity index (χ2v) is 8.82. The summed E-state index contributed by atoms with van der Waals surface area (Å²) in [5.41, 5.74) is 3.22. The lowest BCUT2D eigenvalue weighted by Gasteiger charge is -2.24. The molecule has 2 aliphatic rings. The lowest BCUT2D eigenvalue weighted by Crippen LogP contribution is -2.35. The Labute approximate surface area is 194 Å². The SMILES string of the molecule is Cc1ccc(NC(=O)C(C)(C)c2ccc3c(c2)OC(F)(F)O3)nc1-c1ccc2c(c1)C(=O)NC2. The van der Waals surface area contributed by atoms with Gasteiger partial charge < -0.3 is 20.1 Å². The van der Waals surface area contributed by atoms with E-state index in [4.69, 9.17) is 0 Å². The highest BCUT2D eigenvalue weighted by atomic mass is 19.3. The van der Waals surface area contributed by atoms with Crippen LogP contribution in [0.15, 0.2) is 48.5 Å². The molecule has 1 aromatic heterocycles. The van der Waals surface area contributed by atoms with Crippen LogP contribution in [0.4, 0.5) is 14.6 Å². The zero-order chi connectivity index (χ0) is 24.3. The summed E-state index contributed by atoms with van der Waals surface area (Å²) >= 11 is 0. The minimum atomic E-state index is -3.73. The first-order valence-corrected chi connectivity index (χ1v) is 10.6. The summed E-state index contributed by atoms with van der Waals surface area (Å²) in [4.78, 5) is 29.8. The first-order chi connectivity index (χ1) is 16.0. The Kier molecular flexibility index (Phi) is 4.82. The maximum atomic E-state index is 13.4. The number of halogens is 2. The average Bonchev–Trinajstić information content (AvgIpc) is 3.31. The van der Waals surface area contributed by atoms with Gasteiger partial charge in [-0.05, 0) is 61.7 Å². The standard InChI is InChI=1S/C25H21F2N3O4/c1-13-4-9-20(29-21(13)14-5-6-15-12-28-22(31)17(15)10-14)30-23(32)24(2,3)16-7-8-18-19(11-16)34-25(26,27)33-18/h4-11H,12H2,1-3H3,(H,28,31)(H,29,30,32). The van der Waals surface area contributed by atoms with E-state index in [2.05, 4.69) is 25.1 Å². The van der Waals surface area contributed by atoms with Crippen molar-refractivity contribution in [3.63, 3.8) is 0 Å². The smallest absolute Gasteiger partial charge is 0.395 e. The molecule has 3 aromatic rings. The topological polar surface area (TPSA) is 89.6 Å². The highest BCUT2D eigenvalue weighted by Crippen LogP contribution is 2.43. The molecule has 174 valence electrons. The van der Waals surface area contributed by atoms with Gasteiger partial charge in [-0.15, -0.1) is 8.78 Å². The number of anilines is 1. The van der Waals surface area contributed by atoms with Crippen LogP contribution >= 0.6 is 0 Å². The number of carbonyl (C=O) groups is 2. The summed E-state index contributed by atoms with van der Waals surface area (Å²) in [6.07, 6.45) is -3.73. The van der Waals surface area contributed by atoms with E-state index in [1.54, 1.807) is 32.0 Å². The van der Waals surface area contributed by atoms with Crippen molar-refractivity contribution in [3.05, 3.63) is 70.8 Å². The number of fused-ring (bicyclic) bond motifs is 2. The Morgan fingerprint density at radius 3 is 2.65 bits per heavy atom. The molecule has 2 N–H and O–H groups in total. The molecule has 0 atom stereocenters. The summed E-state index contributed by atoms with van der Waals surface area (Å²) < 4.78 is 35.7. The van der Waals surface area contributed by atoms with Crippen LogP contribution in [0.2, 0.25) is 0 Å². The third kappa shape index (κ3) is 3.72. The second-order valence-electron chi connectivity index (χ2n) is 8.82. The fourth-order valence-corrected chi connectivity index (χ4v) is 3.99. The molecule has 2 amide bonds. The molecule has 0 saturated heterocycles. The van der Waals surface area contributed by atoms with E-state index in [-0.39, 0.29) is 23.3 Å². The highest BCUT2D eigenvalue weighted by molar-refractivity contribution is 6.00. The average molecular weight is 465 g/mol. The Morgan fingerprint density at radius 1 is 1.09 bits per heavy atom. The minimum Gasteiger partial charge on any atom is -0.395 e. The van der Waals surface area contributed by atoms with E-state index in [0.29, 0.717) is 29.2 Å². The van der Waals surface area contributed by atoms with Gasteiger partial charge in [-0.1, -0.05) is 24.3 Å². The molecule has 0 radical (unpaired) electrons. The van der Waals surface area contributed by atoms with Crippen LogP contribution in [0.3, 0.4) is 0 Å². The lowest BCUT2D eigenvalue weighted by molar-refractivity contribution is -0.286. The number of pyridine rings is 1. The first-order valence-electron chi connectivity index (χ1n) is 10.6. The van der Waals surface area contributed by atoms with Gasteiger partial charge in [0.05, 0.1) is 11.1 Å². The van der Waals surface area contributed by atoms with Crippen LogP contribution in [-0.4, -0.2) is 23.1 Å². The number of nitrogens with one attached hydrogen (secondary N) is 2. The van der Waals surface area contributed by atoms with E-state index in [1.165, 1.54) is 12.1 Å². The molecule has 9 heteroatoms. The molecule has 0 unspecified atom stereocenters. The van der Waals surface area contributed by atoms with Crippen LogP contribution in [0.25, 0.3) is 11.3 Å². The van der Waals surface area contributed by atoms with Crippen molar-refractivity contribution in [1.29, 1.82) is 0 Å². The molecule has 2 aromatic carbocycles. The normalized spacial score (nSPS) is 15.6. The van der Waals surface area contributed by atoms with Gasteiger partial charge in [-0.3, -0.25) is 9.59 Å². The number of carbonyl (C=O) groups excluding carboxylic acids is 2. The van der Waals surface area contributed by atoms with Gasteiger partial charge in [0.25, 0.3) is 5.91 Å². The molecule has 0 bridgehead atoms. The van der Waals surface area contributed by atoms with Crippen molar-refractivity contribution in [2.24, 2.45) is 0 Å². The Bertz CT molecular complexity index is 1350. The lowest BCUT2D eigenvalue weighted by atomic mass is 9.83. The number of nitrogens with zero attached hydrogens (tertiary/aromatic N) is 1. The van der Waals surface area contributed by atoms with Gasteiger partial charge in [0, 0.05) is 17.7 Å². The van der Waals surface area contributed by atoms with Gasteiger partial charge >= 0.3 is 6.29 Å². The van der Waals surface area contributed by atoms with E-state index in [9.17, 15) is 18.4 Å². The third-order valence-electron chi connectivity index (χ3n) is 6.10. The van der Waals surface area contributed by atoms with Crippen molar-refractivity contribution in [2.75, 3.05) is 5.32 Å². The quantitative estimate of drug-likeness (QED) is 0.591. The first kappa shape index (κ1) is 21.8. The van der Waals surface area contributed by atoms with Gasteiger partial charge in [0.1, 0.15) is 5.82 Å². The summed E-state index contributed by atoms with van der Waals surface area (Å²) in [5.74, 6) is -0.385. The van der Waals surface area contributed by atoms with Crippen molar-refractivity contribution in [2.45, 2.75) is 39.0 Å². The molecular weight excluding hydrogens is 444 g/mol. The number of aryl methyl sites for hydroxylation is 1.